The lowest BCUT2D eigenvalue weighted by molar-refractivity contribution is 0.186. The van der Waals surface area contributed by atoms with E-state index in [1.165, 1.54) is 23.5 Å². The van der Waals surface area contributed by atoms with Crippen LogP contribution in [0.15, 0.2) is 47.7 Å². The number of pyridine rings is 1. The second-order valence-electron chi connectivity index (χ2n) is 5.38. The van der Waals surface area contributed by atoms with Gasteiger partial charge in [0.2, 0.25) is 0 Å². The average molecular weight is 294 g/mol. The van der Waals surface area contributed by atoms with E-state index in [4.69, 9.17) is 0 Å². The van der Waals surface area contributed by atoms with Crippen LogP contribution in [0.3, 0.4) is 0 Å². The smallest absolute Gasteiger partial charge is 0.286 e. The molecule has 22 heavy (non-hydrogen) atoms. The van der Waals surface area contributed by atoms with Crippen molar-refractivity contribution in [1.82, 2.24) is 14.7 Å². The summed E-state index contributed by atoms with van der Waals surface area (Å²) in [5.41, 5.74) is 3.11. The third kappa shape index (κ3) is 1.92. The fourth-order valence-electron chi connectivity index (χ4n) is 3.00. The van der Waals surface area contributed by atoms with Crippen molar-refractivity contribution in [2.45, 2.75) is 13.0 Å². The first-order chi connectivity index (χ1) is 10.7. The van der Waals surface area contributed by atoms with Crippen molar-refractivity contribution in [1.29, 1.82) is 0 Å². The monoisotopic (exact) mass is 294 g/mol. The van der Waals surface area contributed by atoms with E-state index in [-0.39, 0.29) is 5.65 Å². The number of fused-ring (bicyclic) bond motifs is 2. The first-order valence-electron chi connectivity index (χ1n) is 7.11. The van der Waals surface area contributed by atoms with E-state index in [0.29, 0.717) is 10.1 Å². The Labute approximate surface area is 126 Å². The fourth-order valence-corrected chi connectivity index (χ4v) is 3.00. The van der Waals surface area contributed by atoms with E-state index >= 15 is 0 Å². The molecule has 6 heteroatoms. The lowest BCUT2D eigenvalue weighted by Crippen LogP contribution is -2.32. The zero-order valence-corrected chi connectivity index (χ0v) is 11.8. The van der Waals surface area contributed by atoms with Crippen LogP contribution in [0.25, 0.3) is 11.0 Å². The van der Waals surface area contributed by atoms with Gasteiger partial charge in [-0.15, -0.1) is 4.73 Å². The average Bonchev–Trinajstić information content (AvgIpc) is 2.58. The van der Waals surface area contributed by atoms with Crippen molar-refractivity contribution in [3.8, 4) is 0 Å². The number of benzene rings is 1. The predicted octanol–water partition coefficient (Wildman–Crippen LogP) is 1.59. The molecule has 3 heterocycles. The number of aromatic nitrogens is 3. The molecule has 0 saturated heterocycles. The Bertz CT molecular complexity index is 919. The molecule has 0 radical (unpaired) electrons. The molecule has 0 saturated carbocycles. The highest BCUT2D eigenvalue weighted by atomic mass is 16.5. The molecule has 0 aliphatic carbocycles. The molecule has 4 rings (SSSR count). The highest BCUT2D eigenvalue weighted by Crippen LogP contribution is 2.28. The highest BCUT2D eigenvalue weighted by Gasteiger charge is 2.20. The summed E-state index contributed by atoms with van der Waals surface area (Å²) in [5.74, 6) is 0. The SMILES string of the molecule is O=c1cc(N2CCc3ccccc3C2)c2cncnc2n1O. The van der Waals surface area contributed by atoms with Crippen LogP contribution in [0, 0.1) is 0 Å². The number of hydrogen-bond acceptors (Lipinski definition) is 5. The lowest BCUT2D eigenvalue weighted by atomic mass is 9.99. The van der Waals surface area contributed by atoms with Gasteiger partial charge in [0, 0.05) is 25.4 Å². The summed E-state index contributed by atoms with van der Waals surface area (Å²) in [7, 11) is 0. The Morgan fingerprint density at radius 3 is 2.86 bits per heavy atom. The summed E-state index contributed by atoms with van der Waals surface area (Å²) in [6.07, 6.45) is 3.88. The molecule has 0 bridgehead atoms. The quantitative estimate of drug-likeness (QED) is 0.690. The molecule has 0 unspecified atom stereocenters. The topological polar surface area (TPSA) is 71.2 Å². The van der Waals surface area contributed by atoms with Crippen molar-refractivity contribution in [2.24, 2.45) is 0 Å². The molecule has 110 valence electrons. The summed E-state index contributed by atoms with van der Waals surface area (Å²) in [6, 6.07) is 9.76. The normalized spacial score (nSPS) is 14.1. The molecular weight excluding hydrogens is 280 g/mol. The molecular formula is C16H14N4O2. The van der Waals surface area contributed by atoms with Gasteiger partial charge in [-0.2, -0.15) is 0 Å². The van der Waals surface area contributed by atoms with Crippen molar-refractivity contribution in [3.63, 3.8) is 0 Å². The van der Waals surface area contributed by atoms with Crippen LogP contribution in [0.5, 0.6) is 0 Å². The van der Waals surface area contributed by atoms with Gasteiger partial charge < -0.3 is 10.1 Å². The summed E-state index contributed by atoms with van der Waals surface area (Å²) in [4.78, 5) is 22.1. The number of anilines is 1. The van der Waals surface area contributed by atoms with Crippen LogP contribution in [0.2, 0.25) is 0 Å². The van der Waals surface area contributed by atoms with Gasteiger partial charge in [0.25, 0.3) is 5.56 Å². The Morgan fingerprint density at radius 1 is 1.18 bits per heavy atom. The molecule has 0 atom stereocenters. The summed E-state index contributed by atoms with van der Waals surface area (Å²) < 4.78 is 0.568. The van der Waals surface area contributed by atoms with E-state index in [1.807, 2.05) is 12.1 Å². The summed E-state index contributed by atoms with van der Waals surface area (Å²) in [5, 5.41) is 10.5. The third-order valence-electron chi connectivity index (χ3n) is 4.11. The van der Waals surface area contributed by atoms with Crippen molar-refractivity contribution < 1.29 is 5.21 Å². The van der Waals surface area contributed by atoms with Crippen LogP contribution >= 0.6 is 0 Å². The predicted molar refractivity (Wildman–Crippen MR) is 82.2 cm³/mol. The maximum absolute atomic E-state index is 12.0. The summed E-state index contributed by atoms with van der Waals surface area (Å²) >= 11 is 0. The minimum Gasteiger partial charge on any atom is -0.423 e. The van der Waals surface area contributed by atoms with Crippen LogP contribution < -0.4 is 10.5 Å². The second-order valence-corrected chi connectivity index (χ2v) is 5.38. The Kier molecular flexibility index (Phi) is 2.82. The number of hydrogen-bond donors (Lipinski definition) is 1. The zero-order chi connectivity index (χ0) is 15.1. The van der Waals surface area contributed by atoms with Gasteiger partial charge in [-0.25, -0.2) is 9.97 Å². The largest absolute Gasteiger partial charge is 0.423 e. The van der Waals surface area contributed by atoms with Crippen molar-refractivity contribution >= 4 is 16.7 Å². The van der Waals surface area contributed by atoms with Crippen LogP contribution in [0.4, 0.5) is 5.69 Å². The van der Waals surface area contributed by atoms with Crippen molar-refractivity contribution in [2.75, 3.05) is 11.4 Å². The van der Waals surface area contributed by atoms with E-state index in [1.54, 1.807) is 6.20 Å². The zero-order valence-electron chi connectivity index (χ0n) is 11.8. The summed E-state index contributed by atoms with van der Waals surface area (Å²) in [6.45, 7) is 1.55. The minimum absolute atomic E-state index is 0.233. The molecule has 1 aliphatic heterocycles. The number of rotatable bonds is 1. The first kappa shape index (κ1) is 12.8. The first-order valence-corrected chi connectivity index (χ1v) is 7.11. The van der Waals surface area contributed by atoms with Crippen LogP contribution in [-0.2, 0) is 13.0 Å². The maximum Gasteiger partial charge on any atom is 0.286 e. The minimum atomic E-state index is -0.486. The molecule has 1 aliphatic rings. The van der Waals surface area contributed by atoms with Crippen molar-refractivity contribution in [3.05, 3.63) is 64.3 Å². The molecule has 6 nitrogen and oxygen atoms in total. The number of nitrogens with zero attached hydrogens (tertiary/aromatic N) is 4. The molecule has 0 amide bonds. The van der Waals surface area contributed by atoms with E-state index in [9.17, 15) is 10.0 Å². The van der Waals surface area contributed by atoms with E-state index in [2.05, 4.69) is 27.0 Å². The molecule has 0 fully saturated rings. The van der Waals surface area contributed by atoms with Gasteiger partial charge in [-0.05, 0) is 17.5 Å². The fraction of sp³-hybridized carbons (Fsp3) is 0.188. The van der Waals surface area contributed by atoms with E-state index < -0.39 is 5.56 Å². The van der Waals surface area contributed by atoms with Gasteiger partial charge in [0.15, 0.2) is 5.65 Å². The van der Waals surface area contributed by atoms with Gasteiger partial charge >= 0.3 is 0 Å². The molecule has 0 spiro atoms. The Morgan fingerprint density at radius 2 is 2.00 bits per heavy atom. The van der Waals surface area contributed by atoms with Gasteiger partial charge in [0.1, 0.15) is 6.33 Å². The second kappa shape index (κ2) is 4.84. The molecule has 1 N–H and O–H groups in total. The Hall–Kier alpha value is -2.89. The van der Waals surface area contributed by atoms with E-state index in [0.717, 1.165) is 25.2 Å². The molecule has 2 aromatic heterocycles. The third-order valence-corrected chi connectivity index (χ3v) is 4.11. The maximum atomic E-state index is 12.0. The lowest BCUT2D eigenvalue weighted by Gasteiger charge is -2.31. The van der Waals surface area contributed by atoms with Crippen LogP contribution in [-0.4, -0.2) is 26.5 Å². The molecule has 1 aromatic carbocycles. The Balaban J connectivity index is 1.86. The van der Waals surface area contributed by atoms with Gasteiger partial charge in [-0.1, -0.05) is 24.3 Å². The van der Waals surface area contributed by atoms with Gasteiger partial charge in [0.05, 0.1) is 11.1 Å². The van der Waals surface area contributed by atoms with Gasteiger partial charge in [-0.3, -0.25) is 4.79 Å². The highest BCUT2D eigenvalue weighted by molar-refractivity contribution is 5.88. The molecule has 3 aromatic rings. The standard InChI is InChI=1S/C16H14N4O2/c21-15-7-14(13-8-17-10-18-16(13)20(15)22)19-6-5-11-3-1-2-4-12(11)9-19/h1-4,7-8,10,22H,5-6,9H2. The van der Waals surface area contributed by atoms with Crippen LogP contribution in [0.1, 0.15) is 11.1 Å².